The van der Waals surface area contributed by atoms with E-state index in [1.807, 2.05) is 18.2 Å². The van der Waals surface area contributed by atoms with E-state index in [1.165, 1.54) is 23.4 Å². The number of aromatic amines is 1. The molecular formula is C18H18N2O. The number of carbonyl (C=O) groups is 1. The fourth-order valence-corrected chi connectivity index (χ4v) is 2.69. The first-order chi connectivity index (χ1) is 10.1. The molecule has 0 saturated carbocycles. The fourth-order valence-electron chi connectivity index (χ4n) is 2.69. The van der Waals surface area contributed by atoms with Crippen molar-refractivity contribution in [3.63, 3.8) is 0 Å². The predicted octanol–water partition coefficient (Wildman–Crippen LogP) is 4.28. The third-order valence-electron chi connectivity index (χ3n) is 3.82. The summed E-state index contributed by atoms with van der Waals surface area (Å²) in [7, 11) is 0. The van der Waals surface area contributed by atoms with Gasteiger partial charge in [-0.25, -0.2) is 0 Å². The third kappa shape index (κ3) is 2.68. The van der Waals surface area contributed by atoms with E-state index in [2.05, 4.69) is 53.8 Å². The molecule has 0 aliphatic heterocycles. The molecule has 0 aliphatic carbocycles. The minimum atomic E-state index is -0.0487. The monoisotopic (exact) mass is 278 g/mol. The lowest BCUT2D eigenvalue weighted by Gasteiger charge is -2.12. The third-order valence-corrected chi connectivity index (χ3v) is 3.82. The second-order valence-electron chi connectivity index (χ2n) is 5.31. The molecule has 1 unspecified atom stereocenters. The molecule has 1 heterocycles. The van der Waals surface area contributed by atoms with Crippen LogP contribution in [0.2, 0.25) is 0 Å². The first kappa shape index (κ1) is 13.4. The minimum absolute atomic E-state index is 0.0487. The van der Waals surface area contributed by atoms with Gasteiger partial charge in [0.1, 0.15) is 0 Å². The van der Waals surface area contributed by atoms with Crippen LogP contribution in [0.5, 0.6) is 0 Å². The lowest BCUT2D eigenvalue weighted by molar-refractivity contribution is -0.114. The van der Waals surface area contributed by atoms with Crippen LogP contribution in [0.1, 0.15) is 30.9 Å². The SMILES string of the molecule is CC(=O)Nc1ccc(C(C)c2c[nH]c3ccccc23)cc1. The number of hydrogen-bond donors (Lipinski definition) is 2. The first-order valence-electron chi connectivity index (χ1n) is 7.08. The molecule has 0 aliphatic rings. The number of fused-ring (bicyclic) bond motifs is 1. The zero-order valence-corrected chi connectivity index (χ0v) is 12.2. The van der Waals surface area contributed by atoms with E-state index < -0.39 is 0 Å². The summed E-state index contributed by atoms with van der Waals surface area (Å²) in [6.07, 6.45) is 2.08. The van der Waals surface area contributed by atoms with Gasteiger partial charge in [-0.3, -0.25) is 4.79 Å². The van der Waals surface area contributed by atoms with Crippen molar-refractivity contribution < 1.29 is 4.79 Å². The number of para-hydroxylation sites is 1. The largest absolute Gasteiger partial charge is 0.361 e. The van der Waals surface area contributed by atoms with Crippen LogP contribution in [0.4, 0.5) is 5.69 Å². The van der Waals surface area contributed by atoms with Crippen LogP contribution in [-0.2, 0) is 4.79 Å². The Bertz CT molecular complexity index is 771. The number of hydrogen-bond acceptors (Lipinski definition) is 1. The molecule has 0 spiro atoms. The van der Waals surface area contributed by atoms with Gasteiger partial charge in [0.05, 0.1) is 0 Å². The maximum Gasteiger partial charge on any atom is 0.221 e. The van der Waals surface area contributed by atoms with Crippen LogP contribution in [0.15, 0.2) is 54.7 Å². The highest BCUT2D eigenvalue weighted by Gasteiger charge is 2.13. The van der Waals surface area contributed by atoms with Gasteiger partial charge < -0.3 is 10.3 Å². The van der Waals surface area contributed by atoms with Gasteiger partial charge in [0.2, 0.25) is 5.91 Å². The van der Waals surface area contributed by atoms with Crippen LogP contribution in [-0.4, -0.2) is 10.9 Å². The standard InChI is InChI=1S/C18H18N2O/c1-12(14-7-9-15(10-8-14)20-13(2)21)17-11-19-18-6-4-3-5-16(17)18/h3-12,19H,1-2H3,(H,20,21). The highest BCUT2D eigenvalue weighted by atomic mass is 16.1. The minimum Gasteiger partial charge on any atom is -0.361 e. The van der Waals surface area contributed by atoms with E-state index in [0.29, 0.717) is 5.92 Å². The summed E-state index contributed by atoms with van der Waals surface area (Å²) in [5.41, 5.74) is 4.51. The average Bonchev–Trinajstić information content (AvgIpc) is 2.90. The highest BCUT2D eigenvalue weighted by molar-refractivity contribution is 5.88. The van der Waals surface area contributed by atoms with Crippen molar-refractivity contribution in [2.45, 2.75) is 19.8 Å². The molecule has 21 heavy (non-hydrogen) atoms. The summed E-state index contributed by atoms with van der Waals surface area (Å²) in [6.45, 7) is 3.71. The van der Waals surface area contributed by atoms with Gasteiger partial charge in [-0.15, -0.1) is 0 Å². The molecule has 3 nitrogen and oxygen atoms in total. The molecule has 0 bridgehead atoms. The van der Waals surface area contributed by atoms with E-state index in [9.17, 15) is 4.79 Å². The number of carbonyl (C=O) groups excluding carboxylic acids is 1. The molecule has 0 saturated heterocycles. The van der Waals surface area contributed by atoms with Crippen LogP contribution in [0.3, 0.4) is 0 Å². The molecule has 2 aromatic carbocycles. The topological polar surface area (TPSA) is 44.9 Å². The number of aromatic nitrogens is 1. The number of amides is 1. The van der Waals surface area contributed by atoms with Gasteiger partial charge in [0.25, 0.3) is 0 Å². The van der Waals surface area contributed by atoms with Crippen LogP contribution in [0.25, 0.3) is 10.9 Å². The molecule has 106 valence electrons. The van der Waals surface area contributed by atoms with Gasteiger partial charge in [0.15, 0.2) is 0 Å². The molecule has 3 aromatic rings. The van der Waals surface area contributed by atoms with Gasteiger partial charge in [-0.1, -0.05) is 37.3 Å². The van der Waals surface area contributed by atoms with E-state index in [4.69, 9.17) is 0 Å². The van der Waals surface area contributed by atoms with Gasteiger partial charge >= 0.3 is 0 Å². The van der Waals surface area contributed by atoms with Crippen molar-refractivity contribution in [3.05, 3.63) is 65.9 Å². The van der Waals surface area contributed by atoms with E-state index in [-0.39, 0.29) is 5.91 Å². The van der Waals surface area contributed by atoms with E-state index >= 15 is 0 Å². The summed E-state index contributed by atoms with van der Waals surface area (Å²) >= 11 is 0. The van der Waals surface area contributed by atoms with Crippen molar-refractivity contribution in [3.8, 4) is 0 Å². The smallest absolute Gasteiger partial charge is 0.221 e. The molecule has 2 N–H and O–H groups in total. The van der Waals surface area contributed by atoms with Gasteiger partial charge in [-0.05, 0) is 29.3 Å². The Morgan fingerprint density at radius 2 is 1.81 bits per heavy atom. The Morgan fingerprint density at radius 3 is 2.52 bits per heavy atom. The van der Waals surface area contributed by atoms with E-state index in [1.54, 1.807) is 0 Å². The second-order valence-corrected chi connectivity index (χ2v) is 5.31. The molecular weight excluding hydrogens is 260 g/mol. The number of anilines is 1. The van der Waals surface area contributed by atoms with Crippen LogP contribution < -0.4 is 5.32 Å². The summed E-state index contributed by atoms with van der Waals surface area (Å²) in [5.74, 6) is 0.250. The Kier molecular flexibility index (Phi) is 3.48. The van der Waals surface area contributed by atoms with E-state index in [0.717, 1.165) is 11.2 Å². The summed E-state index contributed by atoms with van der Waals surface area (Å²) in [4.78, 5) is 14.4. The van der Waals surface area contributed by atoms with Crippen molar-refractivity contribution in [2.75, 3.05) is 5.32 Å². The highest BCUT2D eigenvalue weighted by Crippen LogP contribution is 2.30. The second kappa shape index (κ2) is 5.44. The van der Waals surface area contributed by atoms with Crippen LogP contribution >= 0.6 is 0 Å². The first-order valence-corrected chi connectivity index (χ1v) is 7.08. The van der Waals surface area contributed by atoms with Crippen molar-refractivity contribution in [1.29, 1.82) is 0 Å². The Labute approximate surface area is 124 Å². The summed E-state index contributed by atoms with van der Waals surface area (Å²) in [6, 6.07) is 16.4. The molecule has 0 radical (unpaired) electrons. The van der Waals surface area contributed by atoms with Crippen molar-refractivity contribution in [2.24, 2.45) is 0 Å². The normalized spacial score (nSPS) is 12.3. The van der Waals surface area contributed by atoms with Gasteiger partial charge in [-0.2, -0.15) is 0 Å². The summed E-state index contributed by atoms with van der Waals surface area (Å²) in [5, 5.41) is 4.05. The zero-order chi connectivity index (χ0) is 14.8. The average molecular weight is 278 g/mol. The van der Waals surface area contributed by atoms with Gasteiger partial charge in [0, 0.05) is 35.6 Å². The zero-order valence-electron chi connectivity index (χ0n) is 12.2. The Balaban J connectivity index is 1.91. The lowest BCUT2D eigenvalue weighted by atomic mass is 9.93. The summed E-state index contributed by atoms with van der Waals surface area (Å²) < 4.78 is 0. The maximum atomic E-state index is 11.0. The predicted molar refractivity (Wildman–Crippen MR) is 86.6 cm³/mol. The molecule has 0 fully saturated rings. The molecule has 3 heteroatoms. The lowest BCUT2D eigenvalue weighted by Crippen LogP contribution is -2.05. The molecule has 1 amide bonds. The molecule has 1 aromatic heterocycles. The molecule has 1 atom stereocenters. The maximum absolute atomic E-state index is 11.0. The fraction of sp³-hybridized carbons (Fsp3) is 0.167. The Hall–Kier alpha value is -2.55. The van der Waals surface area contributed by atoms with Crippen molar-refractivity contribution in [1.82, 2.24) is 4.98 Å². The number of rotatable bonds is 3. The number of benzene rings is 2. The Morgan fingerprint density at radius 1 is 1.10 bits per heavy atom. The quantitative estimate of drug-likeness (QED) is 0.738. The number of H-pyrrole nitrogens is 1. The number of nitrogens with one attached hydrogen (secondary N) is 2. The van der Waals surface area contributed by atoms with Crippen LogP contribution in [0, 0.1) is 0 Å². The van der Waals surface area contributed by atoms with Crippen molar-refractivity contribution >= 4 is 22.5 Å². The molecule has 3 rings (SSSR count).